The van der Waals surface area contributed by atoms with Crippen molar-refractivity contribution in [3.05, 3.63) is 58.9 Å². The number of hydrogen-bond acceptors (Lipinski definition) is 3. The minimum absolute atomic E-state index is 0. The predicted octanol–water partition coefficient (Wildman–Crippen LogP) is 4.00. The molecule has 1 aliphatic carbocycles. The van der Waals surface area contributed by atoms with Gasteiger partial charge in [0.15, 0.2) is 5.96 Å². The van der Waals surface area contributed by atoms with Crippen molar-refractivity contribution < 1.29 is 4.39 Å². The largest absolute Gasteiger partial charge is 0.370 e. The van der Waals surface area contributed by atoms with E-state index in [2.05, 4.69) is 39.2 Å². The van der Waals surface area contributed by atoms with Crippen LogP contribution in [0.4, 0.5) is 15.8 Å². The highest BCUT2D eigenvalue weighted by molar-refractivity contribution is 14.0. The summed E-state index contributed by atoms with van der Waals surface area (Å²) in [6.07, 6.45) is 3.51. The van der Waals surface area contributed by atoms with Crippen molar-refractivity contribution in [1.29, 1.82) is 0 Å². The number of anilines is 2. The van der Waals surface area contributed by atoms with Gasteiger partial charge in [0.2, 0.25) is 0 Å². The lowest BCUT2D eigenvalue weighted by Gasteiger charge is -2.35. The molecule has 0 spiro atoms. The standard InChI is InChI=1S/C23H30FN5.HI/c1-2-28-10-12-29(13-11-28)22-9-6-17(14-21(22)24)16-26-23(25)27-20-8-7-18-4-3-5-19(18)15-20;/h6-9,14-15H,2-5,10-13,16H2,1H3,(H3,25,26,27);1H. The van der Waals surface area contributed by atoms with Gasteiger partial charge in [0, 0.05) is 31.9 Å². The van der Waals surface area contributed by atoms with Crippen molar-refractivity contribution in [1.82, 2.24) is 4.90 Å². The summed E-state index contributed by atoms with van der Waals surface area (Å²) in [6.45, 7) is 7.24. The summed E-state index contributed by atoms with van der Waals surface area (Å²) in [7, 11) is 0. The van der Waals surface area contributed by atoms with Crippen LogP contribution in [0.3, 0.4) is 0 Å². The normalized spacial score (nSPS) is 16.9. The molecular formula is C23H31FIN5. The zero-order valence-corrected chi connectivity index (χ0v) is 19.9. The Hall–Kier alpha value is -1.87. The van der Waals surface area contributed by atoms with Crippen LogP contribution in [0, 0.1) is 5.82 Å². The van der Waals surface area contributed by atoms with E-state index in [0.29, 0.717) is 18.2 Å². The number of hydrogen-bond donors (Lipinski definition) is 2. The van der Waals surface area contributed by atoms with Crippen LogP contribution in [-0.4, -0.2) is 43.6 Å². The van der Waals surface area contributed by atoms with Gasteiger partial charge in [0.1, 0.15) is 5.82 Å². The first kappa shape index (κ1) is 22.8. The summed E-state index contributed by atoms with van der Waals surface area (Å²) in [6, 6.07) is 11.7. The molecule has 2 aromatic carbocycles. The molecule has 0 amide bonds. The van der Waals surface area contributed by atoms with Crippen LogP contribution in [-0.2, 0) is 19.4 Å². The van der Waals surface area contributed by atoms with Crippen molar-refractivity contribution >= 4 is 41.3 Å². The number of piperazine rings is 1. The van der Waals surface area contributed by atoms with Crippen LogP contribution in [0.2, 0.25) is 0 Å². The number of nitrogens with two attached hydrogens (primary N) is 1. The number of guanidine groups is 1. The lowest BCUT2D eigenvalue weighted by molar-refractivity contribution is 0.270. The average Bonchev–Trinajstić information content (AvgIpc) is 3.20. The van der Waals surface area contributed by atoms with Crippen LogP contribution >= 0.6 is 24.0 Å². The highest BCUT2D eigenvalue weighted by Gasteiger charge is 2.18. The fourth-order valence-corrected chi connectivity index (χ4v) is 4.22. The molecule has 2 aliphatic rings. The van der Waals surface area contributed by atoms with Gasteiger partial charge in [-0.15, -0.1) is 24.0 Å². The molecule has 0 bridgehead atoms. The van der Waals surface area contributed by atoms with Gasteiger partial charge in [-0.25, -0.2) is 9.38 Å². The fourth-order valence-electron chi connectivity index (χ4n) is 4.22. The number of likely N-dealkylation sites (N-methyl/N-ethyl adjacent to an activating group) is 1. The Morgan fingerprint density at radius 1 is 1.07 bits per heavy atom. The molecule has 1 heterocycles. The SMILES string of the molecule is CCN1CCN(c2ccc(CN=C(N)Nc3ccc4c(c3)CCC4)cc2F)CC1.I. The maximum absolute atomic E-state index is 14.7. The van der Waals surface area contributed by atoms with Crippen molar-refractivity contribution in [2.45, 2.75) is 32.7 Å². The van der Waals surface area contributed by atoms with Gasteiger partial charge >= 0.3 is 0 Å². The van der Waals surface area contributed by atoms with Crippen molar-refractivity contribution in [3.63, 3.8) is 0 Å². The second-order valence-electron chi connectivity index (χ2n) is 7.87. The molecule has 0 saturated carbocycles. The van der Waals surface area contributed by atoms with Gasteiger partial charge in [-0.05, 0) is 66.8 Å². The first-order chi connectivity index (χ1) is 14.1. The predicted molar refractivity (Wildman–Crippen MR) is 134 cm³/mol. The maximum Gasteiger partial charge on any atom is 0.193 e. The lowest BCUT2D eigenvalue weighted by atomic mass is 10.1. The molecule has 162 valence electrons. The zero-order chi connectivity index (χ0) is 20.2. The first-order valence-corrected chi connectivity index (χ1v) is 10.6. The van der Waals surface area contributed by atoms with Crippen LogP contribution in [0.25, 0.3) is 0 Å². The van der Waals surface area contributed by atoms with E-state index >= 15 is 0 Å². The first-order valence-electron chi connectivity index (χ1n) is 10.6. The van der Waals surface area contributed by atoms with E-state index in [1.807, 2.05) is 18.2 Å². The number of halogens is 2. The van der Waals surface area contributed by atoms with Gasteiger partial charge in [0.05, 0.1) is 12.2 Å². The third-order valence-electron chi connectivity index (χ3n) is 5.98. The number of aliphatic imine (C=N–C) groups is 1. The van der Waals surface area contributed by atoms with E-state index < -0.39 is 0 Å². The summed E-state index contributed by atoms with van der Waals surface area (Å²) < 4.78 is 14.7. The zero-order valence-electron chi connectivity index (χ0n) is 17.5. The summed E-state index contributed by atoms with van der Waals surface area (Å²) >= 11 is 0. The fraction of sp³-hybridized carbons (Fsp3) is 0.435. The molecule has 30 heavy (non-hydrogen) atoms. The molecular weight excluding hydrogens is 492 g/mol. The van der Waals surface area contributed by atoms with E-state index in [1.54, 1.807) is 6.07 Å². The molecule has 1 fully saturated rings. The minimum Gasteiger partial charge on any atom is -0.370 e. The molecule has 0 aromatic heterocycles. The van der Waals surface area contributed by atoms with Crippen molar-refractivity contribution in [2.24, 2.45) is 10.7 Å². The van der Waals surface area contributed by atoms with Gasteiger partial charge in [0.25, 0.3) is 0 Å². The van der Waals surface area contributed by atoms with Crippen LogP contribution in [0.5, 0.6) is 0 Å². The summed E-state index contributed by atoms with van der Waals surface area (Å²) in [5.41, 5.74) is 11.3. The van der Waals surface area contributed by atoms with E-state index in [0.717, 1.165) is 56.8 Å². The number of rotatable bonds is 5. The molecule has 0 atom stereocenters. The summed E-state index contributed by atoms with van der Waals surface area (Å²) in [4.78, 5) is 8.89. The van der Waals surface area contributed by atoms with Gasteiger partial charge in [-0.1, -0.05) is 19.1 Å². The maximum atomic E-state index is 14.7. The quantitative estimate of drug-likeness (QED) is 0.354. The molecule has 2 aromatic rings. The second-order valence-corrected chi connectivity index (χ2v) is 7.87. The Morgan fingerprint density at radius 3 is 2.57 bits per heavy atom. The number of aryl methyl sites for hydroxylation is 2. The van der Waals surface area contributed by atoms with Crippen LogP contribution in [0.1, 0.15) is 30.0 Å². The number of benzene rings is 2. The Labute approximate surface area is 195 Å². The van der Waals surface area contributed by atoms with E-state index in [1.165, 1.54) is 17.5 Å². The molecule has 0 radical (unpaired) electrons. The average molecular weight is 523 g/mol. The molecule has 7 heteroatoms. The summed E-state index contributed by atoms with van der Waals surface area (Å²) in [5, 5.41) is 3.15. The van der Waals surface area contributed by atoms with E-state index in [4.69, 9.17) is 5.73 Å². The highest BCUT2D eigenvalue weighted by atomic mass is 127. The Balaban J connectivity index is 0.00000256. The lowest BCUT2D eigenvalue weighted by Crippen LogP contribution is -2.46. The number of nitrogens with one attached hydrogen (secondary N) is 1. The molecule has 0 unspecified atom stereocenters. The third-order valence-corrected chi connectivity index (χ3v) is 5.98. The number of nitrogens with zero attached hydrogens (tertiary/aromatic N) is 3. The Bertz CT molecular complexity index is 893. The van der Waals surface area contributed by atoms with E-state index in [9.17, 15) is 4.39 Å². The van der Waals surface area contributed by atoms with Gasteiger partial charge in [-0.2, -0.15) is 0 Å². The molecule has 1 saturated heterocycles. The molecule has 3 N–H and O–H groups in total. The van der Waals surface area contributed by atoms with Crippen molar-refractivity contribution in [3.8, 4) is 0 Å². The topological polar surface area (TPSA) is 56.9 Å². The van der Waals surface area contributed by atoms with Gasteiger partial charge < -0.3 is 20.9 Å². The highest BCUT2D eigenvalue weighted by Crippen LogP contribution is 2.25. The van der Waals surface area contributed by atoms with Crippen LogP contribution < -0.4 is 16.0 Å². The molecule has 1 aliphatic heterocycles. The monoisotopic (exact) mass is 523 g/mol. The second kappa shape index (κ2) is 10.4. The minimum atomic E-state index is -0.187. The van der Waals surface area contributed by atoms with E-state index in [-0.39, 0.29) is 29.8 Å². The molecule has 5 nitrogen and oxygen atoms in total. The van der Waals surface area contributed by atoms with Crippen molar-refractivity contribution in [2.75, 3.05) is 42.9 Å². The third kappa shape index (κ3) is 5.43. The Morgan fingerprint density at radius 2 is 1.83 bits per heavy atom. The van der Waals surface area contributed by atoms with Crippen LogP contribution in [0.15, 0.2) is 41.4 Å². The van der Waals surface area contributed by atoms with Gasteiger partial charge in [-0.3, -0.25) is 0 Å². The Kier molecular flexibility index (Phi) is 7.93. The number of fused-ring (bicyclic) bond motifs is 1. The smallest absolute Gasteiger partial charge is 0.193 e. The summed E-state index contributed by atoms with van der Waals surface area (Å²) in [5.74, 6) is 0.163. The molecule has 4 rings (SSSR count).